The minimum Gasteiger partial charge on any atom is -0.493 e. The van der Waals surface area contributed by atoms with E-state index in [4.69, 9.17) is 9.47 Å². The molecule has 2 aromatic carbocycles. The lowest BCUT2D eigenvalue weighted by molar-refractivity contribution is 0.0124. The number of aliphatic hydroxyl groups excluding tert-OH is 2. The number of nitrogens with one attached hydrogen (secondary N) is 1. The summed E-state index contributed by atoms with van der Waals surface area (Å²) in [5, 5.41) is 25.3. The lowest BCUT2D eigenvalue weighted by Crippen LogP contribution is -2.39. The topological polar surface area (TPSA) is 88.0 Å². The molecule has 0 aliphatic carbocycles. The summed E-state index contributed by atoms with van der Waals surface area (Å²) in [6.45, 7) is 7.40. The highest BCUT2D eigenvalue weighted by molar-refractivity contribution is 5.88. The summed E-state index contributed by atoms with van der Waals surface area (Å²) in [6, 6.07) is 11.2. The molecule has 0 heterocycles. The van der Waals surface area contributed by atoms with Gasteiger partial charge in [0.1, 0.15) is 23.6 Å². The van der Waals surface area contributed by atoms with Crippen LogP contribution >= 0.6 is 0 Å². The van der Waals surface area contributed by atoms with Crippen molar-refractivity contribution in [2.75, 3.05) is 13.2 Å². The zero-order chi connectivity index (χ0) is 19.3. The van der Waals surface area contributed by atoms with Crippen molar-refractivity contribution >= 4 is 16.9 Å². The lowest BCUT2D eigenvalue weighted by Gasteiger charge is -2.24. The van der Waals surface area contributed by atoms with Gasteiger partial charge in [-0.15, -0.1) is 0 Å². The fourth-order valence-electron chi connectivity index (χ4n) is 2.67. The van der Waals surface area contributed by atoms with E-state index in [0.717, 1.165) is 10.8 Å². The normalized spacial score (nSPS) is 13.9. The second-order valence-corrected chi connectivity index (χ2v) is 7.03. The third-order valence-corrected chi connectivity index (χ3v) is 3.75. The summed E-state index contributed by atoms with van der Waals surface area (Å²) < 4.78 is 10.8. The maximum absolute atomic E-state index is 11.8. The van der Waals surface area contributed by atoms with Crippen LogP contribution < -0.4 is 10.1 Å². The Morgan fingerprint density at radius 3 is 2.50 bits per heavy atom. The fourth-order valence-corrected chi connectivity index (χ4v) is 2.67. The van der Waals surface area contributed by atoms with Crippen LogP contribution in [0.5, 0.6) is 5.75 Å². The quantitative estimate of drug-likeness (QED) is 0.736. The van der Waals surface area contributed by atoms with Crippen LogP contribution in [0.3, 0.4) is 0 Å². The zero-order valence-corrected chi connectivity index (χ0v) is 15.7. The Labute approximate surface area is 153 Å². The molecule has 142 valence electrons. The lowest BCUT2D eigenvalue weighted by atomic mass is 9.96. The van der Waals surface area contributed by atoms with Crippen LogP contribution in [0.15, 0.2) is 36.4 Å². The van der Waals surface area contributed by atoms with E-state index in [2.05, 4.69) is 5.32 Å². The molecule has 0 aliphatic heterocycles. The Kier molecular flexibility index (Phi) is 6.45. The van der Waals surface area contributed by atoms with Crippen LogP contribution in [0, 0.1) is 0 Å². The molecule has 2 atom stereocenters. The van der Waals surface area contributed by atoms with Gasteiger partial charge in [0.05, 0.1) is 6.61 Å². The summed E-state index contributed by atoms with van der Waals surface area (Å²) in [7, 11) is 0. The van der Waals surface area contributed by atoms with Gasteiger partial charge in [0, 0.05) is 12.1 Å². The van der Waals surface area contributed by atoms with Gasteiger partial charge in [-0.1, -0.05) is 30.3 Å². The first-order chi connectivity index (χ1) is 12.2. The standard InChI is InChI=1S/C20H27NO5/c1-5-25-16-11-10-13-8-6-7-9-14(13)17(16)18(23)15(22)12-21-19(24)26-20(2,3)4/h6-11,15,18,22-23H,5,12H2,1-4H3,(H,21,24). The van der Waals surface area contributed by atoms with Gasteiger partial charge in [0.15, 0.2) is 0 Å². The molecule has 3 N–H and O–H groups in total. The SMILES string of the molecule is CCOc1ccc2ccccc2c1C(O)C(O)CNC(=O)OC(C)(C)C. The van der Waals surface area contributed by atoms with Crippen LogP contribution in [0.1, 0.15) is 39.4 Å². The highest BCUT2D eigenvalue weighted by Gasteiger charge is 2.25. The second-order valence-electron chi connectivity index (χ2n) is 7.03. The molecule has 0 aliphatic rings. The van der Waals surface area contributed by atoms with Crippen LogP contribution in [0.4, 0.5) is 4.79 Å². The van der Waals surface area contributed by atoms with Crippen molar-refractivity contribution in [3.05, 3.63) is 42.0 Å². The molecule has 0 saturated carbocycles. The van der Waals surface area contributed by atoms with Gasteiger partial charge in [-0.2, -0.15) is 0 Å². The smallest absolute Gasteiger partial charge is 0.407 e. The van der Waals surface area contributed by atoms with E-state index in [0.29, 0.717) is 17.9 Å². The van der Waals surface area contributed by atoms with Gasteiger partial charge in [-0.25, -0.2) is 4.79 Å². The average molecular weight is 361 g/mol. The van der Waals surface area contributed by atoms with Crippen LogP contribution in [0.25, 0.3) is 10.8 Å². The number of amides is 1. The monoisotopic (exact) mass is 361 g/mol. The van der Waals surface area contributed by atoms with Gasteiger partial charge in [0.2, 0.25) is 0 Å². The Balaban J connectivity index is 2.20. The predicted molar refractivity (Wildman–Crippen MR) is 100 cm³/mol. The largest absolute Gasteiger partial charge is 0.493 e. The molecule has 1 amide bonds. The number of benzene rings is 2. The Morgan fingerprint density at radius 1 is 1.15 bits per heavy atom. The molecular weight excluding hydrogens is 334 g/mol. The maximum Gasteiger partial charge on any atom is 0.407 e. The number of fused-ring (bicyclic) bond motifs is 1. The van der Waals surface area contributed by atoms with E-state index < -0.39 is 23.9 Å². The van der Waals surface area contributed by atoms with Gasteiger partial charge in [-0.3, -0.25) is 0 Å². The van der Waals surface area contributed by atoms with Crippen molar-refractivity contribution in [1.29, 1.82) is 0 Å². The predicted octanol–water partition coefficient (Wildman–Crippen LogP) is 3.16. The van der Waals surface area contributed by atoms with E-state index in [1.54, 1.807) is 26.8 Å². The van der Waals surface area contributed by atoms with E-state index >= 15 is 0 Å². The molecule has 2 rings (SSSR count). The molecule has 0 aromatic heterocycles. The molecule has 0 bridgehead atoms. The molecule has 26 heavy (non-hydrogen) atoms. The van der Waals surface area contributed by atoms with E-state index in [1.807, 2.05) is 37.3 Å². The van der Waals surface area contributed by atoms with Crippen molar-refractivity contribution < 1.29 is 24.5 Å². The Morgan fingerprint density at radius 2 is 1.85 bits per heavy atom. The number of hydrogen-bond acceptors (Lipinski definition) is 5. The minimum absolute atomic E-state index is 0.148. The average Bonchev–Trinajstić information content (AvgIpc) is 2.57. The highest BCUT2D eigenvalue weighted by atomic mass is 16.6. The number of ether oxygens (including phenoxy) is 2. The van der Waals surface area contributed by atoms with Gasteiger partial charge in [0.25, 0.3) is 0 Å². The molecular formula is C20H27NO5. The molecule has 0 fully saturated rings. The molecule has 2 unspecified atom stereocenters. The fraction of sp³-hybridized carbons (Fsp3) is 0.450. The number of carbonyl (C=O) groups is 1. The molecule has 0 spiro atoms. The van der Waals surface area contributed by atoms with Crippen molar-refractivity contribution in [2.24, 2.45) is 0 Å². The van der Waals surface area contributed by atoms with Gasteiger partial charge < -0.3 is 25.0 Å². The van der Waals surface area contributed by atoms with Crippen LogP contribution in [-0.4, -0.2) is 41.2 Å². The summed E-state index contributed by atoms with van der Waals surface area (Å²) in [5.74, 6) is 0.509. The summed E-state index contributed by atoms with van der Waals surface area (Å²) >= 11 is 0. The molecule has 0 saturated heterocycles. The van der Waals surface area contributed by atoms with Crippen molar-refractivity contribution in [3.63, 3.8) is 0 Å². The van der Waals surface area contributed by atoms with Crippen LogP contribution in [0.2, 0.25) is 0 Å². The molecule has 2 aromatic rings. The minimum atomic E-state index is -1.22. The number of carbonyl (C=O) groups excluding carboxylic acids is 1. The van der Waals surface area contributed by atoms with Crippen molar-refractivity contribution in [1.82, 2.24) is 5.32 Å². The number of aliphatic hydroxyl groups is 2. The summed E-state index contributed by atoms with van der Waals surface area (Å²) in [6.07, 6.45) is -3.09. The number of rotatable bonds is 6. The molecule has 6 heteroatoms. The van der Waals surface area contributed by atoms with Gasteiger partial charge in [-0.05, 0) is 44.5 Å². The van der Waals surface area contributed by atoms with E-state index in [9.17, 15) is 15.0 Å². The molecule has 6 nitrogen and oxygen atoms in total. The first-order valence-corrected chi connectivity index (χ1v) is 8.70. The zero-order valence-electron chi connectivity index (χ0n) is 15.7. The third-order valence-electron chi connectivity index (χ3n) is 3.75. The Bertz CT molecular complexity index is 753. The Hall–Kier alpha value is -2.31. The van der Waals surface area contributed by atoms with E-state index in [-0.39, 0.29) is 6.54 Å². The summed E-state index contributed by atoms with van der Waals surface area (Å²) in [5.41, 5.74) is -0.130. The van der Waals surface area contributed by atoms with Gasteiger partial charge >= 0.3 is 6.09 Å². The number of alkyl carbamates (subject to hydrolysis) is 1. The molecule has 0 radical (unpaired) electrons. The summed E-state index contributed by atoms with van der Waals surface area (Å²) in [4.78, 5) is 11.8. The highest BCUT2D eigenvalue weighted by Crippen LogP contribution is 2.34. The van der Waals surface area contributed by atoms with Crippen molar-refractivity contribution in [3.8, 4) is 5.75 Å². The van der Waals surface area contributed by atoms with Crippen LogP contribution in [-0.2, 0) is 4.74 Å². The third kappa shape index (κ3) is 5.09. The first-order valence-electron chi connectivity index (χ1n) is 8.70. The van der Waals surface area contributed by atoms with E-state index in [1.165, 1.54) is 0 Å². The second kappa shape index (κ2) is 8.38. The number of hydrogen-bond donors (Lipinski definition) is 3. The maximum atomic E-state index is 11.8. The van der Waals surface area contributed by atoms with Crippen molar-refractivity contribution in [2.45, 2.75) is 45.5 Å². The first kappa shape index (κ1) is 20.0.